The number of hydrogen-bond acceptors (Lipinski definition) is 4. The number of hydrogen-bond donors (Lipinski definition) is 2. The molecule has 0 bridgehead atoms. The molecule has 0 saturated heterocycles. The Hall–Kier alpha value is -1.16. The van der Waals surface area contributed by atoms with Gasteiger partial charge in [-0.2, -0.15) is 0 Å². The molecule has 0 aliphatic carbocycles. The first-order valence-electron chi connectivity index (χ1n) is 3.85. The third-order valence-electron chi connectivity index (χ3n) is 1.80. The molecule has 0 amide bonds. The van der Waals surface area contributed by atoms with Crippen molar-refractivity contribution in [2.75, 3.05) is 12.3 Å². The number of aliphatic hydroxyl groups is 1. The van der Waals surface area contributed by atoms with Gasteiger partial charge in [0.1, 0.15) is 0 Å². The van der Waals surface area contributed by atoms with E-state index in [1.807, 2.05) is 13.8 Å². The summed E-state index contributed by atoms with van der Waals surface area (Å²) in [5.74, 6) is 0.298. The molecular formula is C8H13N3O. The minimum Gasteiger partial charge on any atom is -0.396 e. The molecule has 12 heavy (non-hydrogen) atoms. The van der Waals surface area contributed by atoms with Crippen LogP contribution < -0.4 is 5.73 Å². The number of anilines is 1. The Morgan fingerprint density at radius 1 is 1.25 bits per heavy atom. The van der Waals surface area contributed by atoms with E-state index in [0.29, 0.717) is 12.4 Å². The first-order chi connectivity index (χ1) is 5.65. The van der Waals surface area contributed by atoms with Crippen molar-refractivity contribution in [3.8, 4) is 0 Å². The second kappa shape index (κ2) is 3.49. The van der Waals surface area contributed by atoms with E-state index in [2.05, 4.69) is 9.97 Å². The van der Waals surface area contributed by atoms with Gasteiger partial charge in [0, 0.05) is 18.0 Å². The van der Waals surface area contributed by atoms with Crippen LogP contribution in [0.1, 0.15) is 17.0 Å². The molecule has 3 N–H and O–H groups in total. The van der Waals surface area contributed by atoms with E-state index in [4.69, 9.17) is 10.8 Å². The lowest BCUT2D eigenvalue weighted by Crippen LogP contribution is -2.06. The van der Waals surface area contributed by atoms with Crippen molar-refractivity contribution < 1.29 is 5.11 Å². The molecule has 1 aromatic heterocycles. The van der Waals surface area contributed by atoms with Gasteiger partial charge in [-0.1, -0.05) is 0 Å². The van der Waals surface area contributed by atoms with Crippen molar-refractivity contribution in [3.05, 3.63) is 17.0 Å². The number of nitrogen functional groups attached to an aromatic ring is 1. The first kappa shape index (κ1) is 8.93. The summed E-state index contributed by atoms with van der Waals surface area (Å²) in [6.07, 6.45) is 0.595. The second-order valence-corrected chi connectivity index (χ2v) is 2.70. The number of aromatic nitrogens is 2. The predicted octanol–water partition coefficient (Wildman–Crippen LogP) is 0.210. The minimum atomic E-state index is 0.120. The molecule has 0 spiro atoms. The summed E-state index contributed by atoms with van der Waals surface area (Å²) in [4.78, 5) is 8.02. The normalized spacial score (nSPS) is 10.2. The smallest absolute Gasteiger partial charge is 0.220 e. The Kier molecular flexibility index (Phi) is 2.60. The van der Waals surface area contributed by atoms with Gasteiger partial charge in [0.15, 0.2) is 0 Å². The molecule has 1 rings (SSSR count). The van der Waals surface area contributed by atoms with E-state index in [1.54, 1.807) is 0 Å². The summed E-state index contributed by atoms with van der Waals surface area (Å²) in [6.45, 7) is 3.86. The molecule has 0 atom stereocenters. The summed E-state index contributed by atoms with van der Waals surface area (Å²) < 4.78 is 0. The molecule has 66 valence electrons. The summed E-state index contributed by atoms with van der Waals surface area (Å²) in [6, 6.07) is 0. The fourth-order valence-corrected chi connectivity index (χ4v) is 1.24. The van der Waals surface area contributed by atoms with Crippen LogP contribution in [0.4, 0.5) is 5.95 Å². The third-order valence-corrected chi connectivity index (χ3v) is 1.80. The lowest BCUT2D eigenvalue weighted by atomic mass is 10.1. The van der Waals surface area contributed by atoms with Gasteiger partial charge in [0.25, 0.3) is 0 Å². The fourth-order valence-electron chi connectivity index (χ4n) is 1.24. The number of nitrogens with two attached hydrogens (primary N) is 1. The highest BCUT2D eigenvalue weighted by Gasteiger charge is 2.05. The molecule has 4 heteroatoms. The Morgan fingerprint density at radius 3 is 2.17 bits per heavy atom. The van der Waals surface area contributed by atoms with Gasteiger partial charge < -0.3 is 10.8 Å². The summed E-state index contributed by atoms with van der Waals surface area (Å²) in [7, 11) is 0. The molecule has 0 radical (unpaired) electrons. The zero-order valence-electron chi connectivity index (χ0n) is 7.33. The molecular weight excluding hydrogens is 154 g/mol. The minimum absolute atomic E-state index is 0.120. The highest BCUT2D eigenvalue weighted by Crippen LogP contribution is 2.10. The van der Waals surface area contributed by atoms with Gasteiger partial charge in [-0.25, -0.2) is 9.97 Å². The largest absolute Gasteiger partial charge is 0.396 e. The van der Waals surface area contributed by atoms with E-state index < -0.39 is 0 Å². The summed E-state index contributed by atoms with van der Waals surface area (Å²) in [5.41, 5.74) is 8.14. The zero-order valence-corrected chi connectivity index (χ0v) is 7.33. The average Bonchev–Trinajstić information content (AvgIpc) is 1.96. The van der Waals surface area contributed by atoms with Crippen molar-refractivity contribution in [2.24, 2.45) is 0 Å². The van der Waals surface area contributed by atoms with E-state index in [-0.39, 0.29) is 6.61 Å². The van der Waals surface area contributed by atoms with Crippen LogP contribution in [0, 0.1) is 13.8 Å². The topological polar surface area (TPSA) is 72.0 Å². The predicted molar refractivity (Wildman–Crippen MR) is 46.7 cm³/mol. The van der Waals surface area contributed by atoms with Gasteiger partial charge in [-0.05, 0) is 25.8 Å². The van der Waals surface area contributed by atoms with Gasteiger partial charge >= 0.3 is 0 Å². The van der Waals surface area contributed by atoms with E-state index in [1.165, 1.54) is 0 Å². The molecule has 0 aliphatic heterocycles. The van der Waals surface area contributed by atoms with Crippen LogP contribution >= 0.6 is 0 Å². The van der Waals surface area contributed by atoms with Crippen molar-refractivity contribution in [3.63, 3.8) is 0 Å². The van der Waals surface area contributed by atoms with Crippen LogP contribution in [0.5, 0.6) is 0 Å². The Morgan fingerprint density at radius 2 is 1.75 bits per heavy atom. The Balaban J connectivity index is 3.10. The number of aryl methyl sites for hydroxylation is 2. The van der Waals surface area contributed by atoms with Crippen molar-refractivity contribution >= 4 is 5.95 Å². The second-order valence-electron chi connectivity index (χ2n) is 2.70. The van der Waals surface area contributed by atoms with E-state index in [0.717, 1.165) is 17.0 Å². The van der Waals surface area contributed by atoms with E-state index >= 15 is 0 Å². The van der Waals surface area contributed by atoms with Gasteiger partial charge in [0.2, 0.25) is 5.95 Å². The van der Waals surface area contributed by atoms with Crippen LogP contribution in [0.2, 0.25) is 0 Å². The molecule has 1 heterocycles. The molecule has 0 aliphatic rings. The third kappa shape index (κ3) is 1.71. The first-order valence-corrected chi connectivity index (χ1v) is 3.85. The fraction of sp³-hybridized carbons (Fsp3) is 0.500. The zero-order chi connectivity index (χ0) is 9.14. The number of nitrogens with zero attached hydrogens (tertiary/aromatic N) is 2. The van der Waals surface area contributed by atoms with Crippen LogP contribution in [0.3, 0.4) is 0 Å². The maximum absolute atomic E-state index is 8.75. The molecule has 0 saturated carbocycles. The van der Waals surface area contributed by atoms with Crippen LogP contribution in [0.25, 0.3) is 0 Å². The van der Waals surface area contributed by atoms with Gasteiger partial charge in [0.05, 0.1) is 0 Å². The highest BCUT2D eigenvalue weighted by molar-refractivity contribution is 5.30. The van der Waals surface area contributed by atoms with Crippen LogP contribution in [0.15, 0.2) is 0 Å². The standard InChI is InChI=1S/C8H13N3O/c1-5-7(3-4-12)6(2)11-8(9)10-5/h12H,3-4H2,1-2H3,(H2,9,10,11). The summed E-state index contributed by atoms with van der Waals surface area (Å²) in [5, 5.41) is 8.75. The van der Waals surface area contributed by atoms with Crippen LogP contribution in [-0.4, -0.2) is 21.7 Å². The maximum atomic E-state index is 8.75. The van der Waals surface area contributed by atoms with Crippen molar-refractivity contribution in [1.29, 1.82) is 0 Å². The lowest BCUT2D eigenvalue weighted by molar-refractivity contribution is 0.299. The highest BCUT2D eigenvalue weighted by atomic mass is 16.2. The monoisotopic (exact) mass is 167 g/mol. The molecule has 1 aromatic rings. The van der Waals surface area contributed by atoms with Crippen molar-refractivity contribution in [1.82, 2.24) is 9.97 Å². The number of aliphatic hydroxyl groups excluding tert-OH is 1. The lowest BCUT2D eigenvalue weighted by Gasteiger charge is -2.06. The van der Waals surface area contributed by atoms with Crippen molar-refractivity contribution in [2.45, 2.75) is 20.3 Å². The number of rotatable bonds is 2. The SMILES string of the molecule is Cc1nc(N)nc(C)c1CCO. The molecule has 0 unspecified atom stereocenters. The van der Waals surface area contributed by atoms with Gasteiger partial charge in [-0.15, -0.1) is 0 Å². The maximum Gasteiger partial charge on any atom is 0.220 e. The van der Waals surface area contributed by atoms with Gasteiger partial charge in [-0.3, -0.25) is 0 Å². The average molecular weight is 167 g/mol. The molecule has 0 aromatic carbocycles. The quantitative estimate of drug-likeness (QED) is 0.660. The Labute approximate surface area is 71.5 Å². The molecule has 0 fully saturated rings. The van der Waals surface area contributed by atoms with Crippen LogP contribution in [-0.2, 0) is 6.42 Å². The molecule has 4 nitrogen and oxygen atoms in total. The summed E-state index contributed by atoms with van der Waals surface area (Å²) >= 11 is 0. The Bertz CT molecular complexity index is 263. The van der Waals surface area contributed by atoms with E-state index in [9.17, 15) is 0 Å².